The van der Waals surface area contributed by atoms with E-state index in [4.69, 9.17) is 0 Å². The molecule has 6 heteroatoms. The van der Waals surface area contributed by atoms with Gasteiger partial charge in [-0.05, 0) is 19.4 Å². The highest BCUT2D eigenvalue weighted by molar-refractivity contribution is 6.03. The fourth-order valence-corrected chi connectivity index (χ4v) is 2.65. The van der Waals surface area contributed by atoms with Gasteiger partial charge in [-0.3, -0.25) is 15.0 Å². The first kappa shape index (κ1) is 18.1. The summed E-state index contributed by atoms with van der Waals surface area (Å²) in [6.07, 6.45) is 1.81. The SMILES string of the molecule is CC=C(C)NNC(=O)c1c(-c2ccccc2)c(-c2ccccc2)n[nH]c1=O. The number of H-pyrrole nitrogens is 1. The van der Waals surface area contributed by atoms with Crippen molar-refractivity contribution in [2.24, 2.45) is 0 Å². The van der Waals surface area contributed by atoms with E-state index >= 15 is 0 Å². The highest BCUT2D eigenvalue weighted by atomic mass is 16.2. The number of aromatic nitrogens is 2. The Labute approximate surface area is 156 Å². The number of allylic oxidation sites excluding steroid dienone is 2. The summed E-state index contributed by atoms with van der Waals surface area (Å²) in [6, 6.07) is 18.7. The molecule has 0 unspecified atom stereocenters. The second-order valence-electron chi connectivity index (χ2n) is 5.93. The molecule has 0 fully saturated rings. The Morgan fingerprint density at radius 3 is 2.15 bits per heavy atom. The molecule has 0 saturated carbocycles. The molecule has 0 aliphatic rings. The predicted molar refractivity (Wildman–Crippen MR) is 106 cm³/mol. The average Bonchev–Trinajstić information content (AvgIpc) is 2.72. The topological polar surface area (TPSA) is 86.9 Å². The summed E-state index contributed by atoms with van der Waals surface area (Å²) in [5.74, 6) is -0.532. The Kier molecular flexibility index (Phi) is 5.47. The smallest absolute Gasteiger partial charge is 0.277 e. The molecule has 2 aromatic carbocycles. The number of amides is 1. The highest BCUT2D eigenvalue weighted by Crippen LogP contribution is 2.31. The summed E-state index contributed by atoms with van der Waals surface area (Å²) >= 11 is 0. The molecule has 3 N–H and O–H groups in total. The lowest BCUT2D eigenvalue weighted by molar-refractivity contribution is 0.0938. The molecule has 1 heterocycles. The Balaban J connectivity index is 2.20. The molecule has 6 nitrogen and oxygen atoms in total. The van der Waals surface area contributed by atoms with Gasteiger partial charge in [-0.1, -0.05) is 66.7 Å². The summed E-state index contributed by atoms with van der Waals surface area (Å²) in [5.41, 5.74) is 8.15. The van der Waals surface area contributed by atoms with Crippen molar-refractivity contribution in [3.63, 3.8) is 0 Å². The lowest BCUT2D eigenvalue weighted by Gasteiger charge is -2.14. The fourth-order valence-electron chi connectivity index (χ4n) is 2.65. The van der Waals surface area contributed by atoms with Gasteiger partial charge >= 0.3 is 0 Å². The molecular weight excluding hydrogens is 340 g/mol. The minimum Gasteiger partial charge on any atom is -0.303 e. The molecular formula is C21H20N4O2. The van der Waals surface area contributed by atoms with Crippen LogP contribution in [0.15, 0.2) is 77.2 Å². The quantitative estimate of drug-likeness (QED) is 0.610. The van der Waals surface area contributed by atoms with Crippen molar-refractivity contribution in [1.82, 2.24) is 21.0 Å². The van der Waals surface area contributed by atoms with Crippen LogP contribution in [0.4, 0.5) is 0 Å². The van der Waals surface area contributed by atoms with E-state index in [-0.39, 0.29) is 5.56 Å². The van der Waals surface area contributed by atoms with Crippen LogP contribution in [0.3, 0.4) is 0 Å². The molecule has 27 heavy (non-hydrogen) atoms. The van der Waals surface area contributed by atoms with Gasteiger partial charge < -0.3 is 5.43 Å². The Bertz CT molecular complexity index is 1030. The molecule has 3 rings (SSSR count). The van der Waals surface area contributed by atoms with Crippen LogP contribution in [0.2, 0.25) is 0 Å². The zero-order valence-corrected chi connectivity index (χ0v) is 15.1. The number of benzene rings is 2. The van der Waals surface area contributed by atoms with Crippen molar-refractivity contribution in [2.75, 3.05) is 0 Å². The Morgan fingerprint density at radius 1 is 0.963 bits per heavy atom. The monoisotopic (exact) mass is 360 g/mol. The minimum atomic E-state index is -0.550. The van der Waals surface area contributed by atoms with E-state index in [1.165, 1.54) is 0 Å². The van der Waals surface area contributed by atoms with E-state index in [0.29, 0.717) is 11.3 Å². The van der Waals surface area contributed by atoms with Gasteiger partial charge in [0.05, 0.1) is 5.69 Å². The van der Waals surface area contributed by atoms with Crippen LogP contribution < -0.4 is 16.4 Å². The molecule has 1 amide bonds. The molecule has 0 saturated heterocycles. The molecule has 1 aromatic heterocycles. The van der Waals surface area contributed by atoms with Gasteiger partial charge in [-0.2, -0.15) is 5.10 Å². The third-order valence-corrected chi connectivity index (χ3v) is 4.13. The fraction of sp³-hybridized carbons (Fsp3) is 0.0952. The number of rotatable bonds is 5. The summed E-state index contributed by atoms with van der Waals surface area (Å²) in [5, 5.41) is 6.68. The Morgan fingerprint density at radius 2 is 1.56 bits per heavy atom. The Hall–Kier alpha value is -3.67. The second kappa shape index (κ2) is 8.14. The van der Waals surface area contributed by atoms with Gasteiger partial charge in [0, 0.05) is 16.8 Å². The van der Waals surface area contributed by atoms with Crippen molar-refractivity contribution in [2.45, 2.75) is 13.8 Å². The highest BCUT2D eigenvalue weighted by Gasteiger charge is 2.22. The molecule has 0 aliphatic carbocycles. The number of hydrazine groups is 1. The van der Waals surface area contributed by atoms with Crippen LogP contribution in [0.25, 0.3) is 22.4 Å². The van der Waals surface area contributed by atoms with Crippen LogP contribution in [0.5, 0.6) is 0 Å². The molecule has 136 valence electrons. The van der Waals surface area contributed by atoms with Crippen molar-refractivity contribution >= 4 is 5.91 Å². The first-order chi connectivity index (χ1) is 13.1. The van der Waals surface area contributed by atoms with Gasteiger partial charge in [0.15, 0.2) is 0 Å². The van der Waals surface area contributed by atoms with Crippen LogP contribution in [0, 0.1) is 0 Å². The number of hydrogen-bond donors (Lipinski definition) is 3. The van der Waals surface area contributed by atoms with E-state index in [2.05, 4.69) is 21.0 Å². The molecule has 0 atom stereocenters. The third-order valence-electron chi connectivity index (χ3n) is 4.13. The summed E-state index contributed by atoms with van der Waals surface area (Å²) in [6.45, 7) is 3.65. The average molecular weight is 360 g/mol. The number of nitrogens with zero attached hydrogens (tertiary/aromatic N) is 1. The maximum absolute atomic E-state index is 12.8. The van der Waals surface area contributed by atoms with Crippen LogP contribution in [0.1, 0.15) is 24.2 Å². The zero-order chi connectivity index (χ0) is 19.2. The first-order valence-electron chi connectivity index (χ1n) is 8.54. The van der Waals surface area contributed by atoms with E-state index in [1.54, 1.807) is 0 Å². The van der Waals surface area contributed by atoms with Crippen molar-refractivity contribution in [3.05, 3.63) is 88.4 Å². The zero-order valence-electron chi connectivity index (χ0n) is 15.1. The lowest BCUT2D eigenvalue weighted by Crippen LogP contribution is -2.39. The largest absolute Gasteiger partial charge is 0.303 e. The number of hydrogen-bond acceptors (Lipinski definition) is 4. The van der Waals surface area contributed by atoms with Crippen molar-refractivity contribution < 1.29 is 4.79 Å². The van der Waals surface area contributed by atoms with Crippen LogP contribution in [-0.2, 0) is 0 Å². The van der Waals surface area contributed by atoms with Crippen molar-refractivity contribution in [3.8, 4) is 22.4 Å². The molecule has 0 spiro atoms. The molecule has 0 bridgehead atoms. The van der Waals surface area contributed by atoms with E-state index in [0.717, 1.165) is 16.8 Å². The van der Waals surface area contributed by atoms with Gasteiger partial charge in [0.1, 0.15) is 5.56 Å². The predicted octanol–water partition coefficient (Wildman–Crippen LogP) is 3.26. The van der Waals surface area contributed by atoms with E-state index < -0.39 is 11.5 Å². The number of carbonyl (C=O) groups is 1. The molecule has 0 aliphatic heterocycles. The summed E-state index contributed by atoms with van der Waals surface area (Å²) < 4.78 is 0. The number of carbonyl (C=O) groups excluding carboxylic acids is 1. The van der Waals surface area contributed by atoms with Gasteiger partial charge in [0.2, 0.25) is 0 Å². The minimum absolute atomic E-state index is 0.00598. The molecule has 0 radical (unpaired) electrons. The summed E-state index contributed by atoms with van der Waals surface area (Å²) in [4.78, 5) is 25.3. The third kappa shape index (κ3) is 3.95. The second-order valence-corrected chi connectivity index (χ2v) is 5.93. The maximum atomic E-state index is 12.8. The number of aromatic amines is 1. The van der Waals surface area contributed by atoms with Gasteiger partial charge in [-0.25, -0.2) is 5.10 Å². The normalized spacial score (nSPS) is 11.1. The summed E-state index contributed by atoms with van der Waals surface area (Å²) in [7, 11) is 0. The van der Waals surface area contributed by atoms with Gasteiger partial charge in [0.25, 0.3) is 11.5 Å². The van der Waals surface area contributed by atoms with Crippen LogP contribution >= 0.6 is 0 Å². The number of nitrogens with one attached hydrogen (secondary N) is 3. The maximum Gasteiger partial charge on any atom is 0.277 e. The van der Waals surface area contributed by atoms with Gasteiger partial charge in [-0.15, -0.1) is 0 Å². The van der Waals surface area contributed by atoms with Crippen molar-refractivity contribution in [1.29, 1.82) is 0 Å². The van der Waals surface area contributed by atoms with E-state index in [1.807, 2.05) is 80.6 Å². The van der Waals surface area contributed by atoms with E-state index in [9.17, 15) is 9.59 Å². The lowest BCUT2D eigenvalue weighted by atomic mass is 9.95. The van der Waals surface area contributed by atoms with Crippen LogP contribution in [-0.4, -0.2) is 16.1 Å². The molecule has 3 aromatic rings. The first-order valence-corrected chi connectivity index (χ1v) is 8.54. The standard InChI is InChI=1S/C21H20N4O2/c1-3-14(2)22-24-20(26)18-17(15-10-6-4-7-11-15)19(23-25-21(18)27)16-12-8-5-9-13-16/h3-13,22H,1-2H3,(H,24,26)(H,25,27).